The van der Waals surface area contributed by atoms with E-state index < -0.39 is 0 Å². The third-order valence-corrected chi connectivity index (χ3v) is 2.97. The molecule has 0 saturated heterocycles. The fourth-order valence-corrected chi connectivity index (χ4v) is 2.17. The number of aldehydes is 1. The Bertz CT molecular complexity index is 283. The average molecular weight is 176 g/mol. The third-order valence-electron chi connectivity index (χ3n) is 2.97. The summed E-state index contributed by atoms with van der Waals surface area (Å²) in [7, 11) is 0. The minimum atomic E-state index is 0.0134. The van der Waals surface area contributed by atoms with Gasteiger partial charge in [-0.15, -0.1) is 0 Å². The standard InChI is InChI=1S/C11H12O2/c12-8-9-1-4-11(7-9)5-2-10(13)3-6-11/h2-3,5-6,8-9H,1,4,7H2/t9-/m0/s1. The van der Waals surface area contributed by atoms with Gasteiger partial charge in [0.15, 0.2) is 5.78 Å². The molecule has 2 aliphatic rings. The van der Waals surface area contributed by atoms with E-state index in [1.165, 1.54) is 0 Å². The van der Waals surface area contributed by atoms with Crippen molar-refractivity contribution in [3.63, 3.8) is 0 Å². The van der Waals surface area contributed by atoms with Gasteiger partial charge in [0.2, 0.25) is 0 Å². The van der Waals surface area contributed by atoms with E-state index in [-0.39, 0.29) is 17.1 Å². The first-order chi connectivity index (χ1) is 6.24. The normalized spacial score (nSPS) is 29.8. The highest BCUT2D eigenvalue weighted by Crippen LogP contribution is 2.44. The SMILES string of the molecule is O=C[C@H]1CCC2(C=CC(=O)C=C2)C1. The topological polar surface area (TPSA) is 34.1 Å². The molecular formula is C11H12O2. The molecule has 2 nitrogen and oxygen atoms in total. The fourth-order valence-electron chi connectivity index (χ4n) is 2.17. The Morgan fingerprint density at radius 2 is 2.08 bits per heavy atom. The van der Waals surface area contributed by atoms with E-state index in [1.807, 2.05) is 12.2 Å². The Balaban J connectivity index is 2.16. The molecule has 0 amide bonds. The second kappa shape index (κ2) is 2.95. The van der Waals surface area contributed by atoms with Crippen molar-refractivity contribution in [3.05, 3.63) is 24.3 Å². The smallest absolute Gasteiger partial charge is 0.178 e. The van der Waals surface area contributed by atoms with Crippen molar-refractivity contribution < 1.29 is 9.59 Å². The van der Waals surface area contributed by atoms with Crippen LogP contribution in [0.3, 0.4) is 0 Å². The summed E-state index contributed by atoms with van der Waals surface area (Å²) in [6, 6.07) is 0. The van der Waals surface area contributed by atoms with Gasteiger partial charge in [-0.3, -0.25) is 4.79 Å². The molecular weight excluding hydrogens is 164 g/mol. The van der Waals surface area contributed by atoms with Crippen molar-refractivity contribution in [1.29, 1.82) is 0 Å². The fraction of sp³-hybridized carbons (Fsp3) is 0.455. The first-order valence-corrected chi connectivity index (χ1v) is 4.62. The van der Waals surface area contributed by atoms with Crippen molar-refractivity contribution in [3.8, 4) is 0 Å². The van der Waals surface area contributed by atoms with Crippen LogP contribution in [0.4, 0.5) is 0 Å². The molecule has 1 saturated carbocycles. The van der Waals surface area contributed by atoms with Crippen molar-refractivity contribution in [2.24, 2.45) is 11.3 Å². The van der Waals surface area contributed by atoms with E-state index in [4.69, 9.17) is 0 Å². The van der Waals surface area contributed by atoms with Crippen LogP contribution in [0.1, 0.15) is 19.3 Å². The molecule has 2 aliphatic carbocycles. The summed E-state index contributed by atoms with van der Waals surface area (Å²) in [5.41, 5.74) is 0.0134. The molecule has 1 spiro atoms. The summed E-state index contributed by atoms with van der Waals surface area (Å²) in [6.07, 6.45) is 11.0. The Kier molecular flexibility index (Phi) is 1.91. The minimum absolute atomic E-state index is 0.0134. The van der Waals surface area contributed by atoms with Gasteiger partial charge in [0.05, 0.1) is 0 Å². The number of hydrogen-bond acceptors (Lipinski definition) is 2. The molecule has 1 atom stereocenters. The van der Waals surface area contributed by atoms with Crippen molar-refractivity contribution >= 4 is 12.1 Å². The molecule has 0 heterocycles. The number of hydrogen-bond donors (Lipinski definition) is 0. The summed E-state index contributed by atoms with van der Waals surface area (Å²) < 4.78 is 0. The molecule has 0 aromatic rings. The summed E-state index contributed by atoms with van der Waals surface area (Å²) in [5.74, 6) is 0.239. The van der Waals surface area contributed by atoms with Crippen LogP contribution < -0.4 is 0 Å². The quantitative estimate of drug-likeness (QED) is 0.569. The number of carbonyl (C=O) groups is 2. The zero-order valence-electron chi connectivity index (χ0n) is 7.40. The molecule has 0 radical (unpaired) electrons. The van der Waals surface area contributed by atoms with Crippen LogP contribution in [0.5, 0.6) is 0 Å². The summed E-state index contributed by atoms with van der Waals surface area (Å²) >= 11 is 0. The highest BCUT2D eigenvalue weighted by molar-refractivity contribution is 6.00. The van der Waals surface area contributed by atoms with Gasteiger partial charge in [0.25, 0.3) is 0 Å². The summed E-state index contributed by atoms with van der Waals surface area (Å²) in [4.78, 5) is 21.5. The van der Waals surface area contributed by atoms with Crippen molar-refractivity contribution in [1.82, 2.24) is 0 Å². The second-order valence-electron chi connectivity index (χ2n) is 3.94. The van der Waals surface area contributed by atoms with Gasteiger partial charge in [0.1, 0.15) is 6.29 Å². The zero-order valence-corrected chi connectivity index (χ0v) is 7.40. The number of allylic oxidation sites excluding steroid dienone is 4. The Morgan fingerprint density at radius 1 is 1.38 bits per heavy atom. The van der Waals surface area contributed by atoms with E-state index in [0.717, 1.165) is 25.5 Å². The van der Waals surface area contributed by atoms with Gasteiger partial charge in [-0.05, 0) is 31.4 Å². The van der Waals surface area contributed by atoms with Gasteiger partial charge < -0.3 is 4.79 Å². The van der Waals surface area contributed by atoms with Gasteiger partial charge in [-0.2, -0.15) is 0 Å². The van der Waals surface area contributed by atoms with Crippen LogP contribution >= 0.6 is 0 Å². The Morgan fingerprint density at radius 3 is 2.62 bits per heavy atom. The average Bonchev–Trinajstić information content (AvgIpc) is 2.55. The van der Waals surface area contributed by atoms with Crippen LogP contribution in [-0.4, -0.2) is 12.1 Å². The van der Waals surface area contributed by atoms with Gasteiger partial charge in [-0.1, -0.05) is 12.2 Å². The van der Waals surface area contributed by atoms with Crippen molar-refractivity contribution in [2.75, 3.05) is 0 Å². The van der Waals surface area contributed by atoms with Crippen LogP contribution in [0, 0.1) is 11.3 Å². The second-order valence-corrected chi connectivity index (χ2v) is 3.94. The maximum absolute atomic E-state index is 10.9. The lowest BCUT2D eigenvalue weighted by Gasteiger charge is -2.22. The summed E-state index contributed by atoms with van der Waals surface area (Å²) in [6.45, 7) is 0. The molecule has 0 bridgehead atoms. The molecule has 0 unspecified atom stereocenters. The zero-order chi connectivity index (χ0) is 9.31. The predicted molar refractivity (Wildman–Crippen MR) is 49.1 cm³/mol. The van der Waals surface area contributed by atoms with Gasteiger partial charge >= 0.3 is 0 Å². The van der Waals surface area contributed by atoms with E-state index in [9.17, 15) is 9.59 Å². The molecule has 0 aromatic carbocycles. The van der Waals surface area contributed by atoms with Gasteiger partial charge in [-0.25, -0.2) is 0 Å². The monoisotopic (exact) mass is 176 g/mol. The first kappa shape index (κ1) is 8.42. The molecule has 2 rings (SSSR count). The largest absolute Gasteiger partial charge is 0.303 e. The number of rotatable bonds is 1. The molecule has 68 valence electrons. The van der Waals surface area contributed by atoms with Crippen LogP contribution in [0.25, 0.3) is 0 Å². The van der Waals surface area contributed by atoms with Crippen LogP contribution in [0.15, 0.2) is 24.3 Å². The van der Waals surface area contributed by atoms with E-state index in [2.05, 4.69) is 0 Å². The van der Waals surface area contributed by atoms with Gasteiger partial charge in [0, 0.05) is 11.3 Å². The maximum Gasteiger partial charge on any atom is 0.178 e. The lowest BCUT2D eigenvalue weighted by molar-refractivity contribution is -0.111. The number of carbonyl (C=O) groups excluding carboxylic acids is 2. The lowest BCUT2D eigenvalue weighted by atomic mass is 9.82. The lowest BCUT2D eigenvalue weighted by Crippen LogP contribution is -2.14. The molecule has 13 heavy (non-hydrogen) atoms. The molecule has 0 aromatic heterocycles. The van der Waals surface area contributed by atoms with Crippen LogP contribution in [-0.2, 0) is 9.59 Å². The van der Waals surface area contributed by atoms with E-state index >= 15 is 0 Å². The van der Waals surface area contributed by atoms with E-state index in [0.29, 0.717) is 0 Å². The Hall–Kier alpha value is -1.18. The first-order valence-electron chi connectivity index (χ1n) is 4.62. The predicted octanol–water partition coefficient (Wildman–Crippen LogP) is 1.67. The summed E-state index contributed by atoms with van der Waals surface area (Å²) in [5, 5.41) is 0. The highest BCUT2D eigenvalue weighted by atomic mass is 16.1. The maximum atomic E-state index is 10.9. The van der Waals surface area contributed by atoms with E-state index in [1.54, 1.807) is 12.2 Å². The molecule has 2 heteroatoms. The molecule has 0 aliphatic heterocycles. The highest BCUT2D eigenvalue weighted by Gasteiger charge is 2.35. The third kappa shape index (κ3) is 1.48. The Labute approximate surface area is 77.3 Å². The van der Waals surface area contributed by atoms with Crippen LogP contribution in [0.2, 0.25) is 0 Å². The molecule has 1 fully saturated rings. The minimum Gasteiger partial charge on any atom is -0.303 e. The molecule has 0 N–H and O–H groups in total. The van der Waals surface area contributed by atoms with Crippen molar-refractivity contribution in [2.45, 2.75) is 19.3 Å². The number of ketones is 1.